The van der Waals surface area contributed by atoms with E-state index in [1.807, 2.05) is 66.1 Å². The van der Waals surface area contributed by atoms with Crippen LogP contribution in [-0.2, 0) is 26.1 Å². The molecule has 0 unspecified atom stereocenters. The molecule has 1 aromatic heterocycles. The highest BCUT2D eigenvalue weighted by molar-refractivity contribution is 7.89. The molecule has 0 aliphatic carbocycles. The van der Waals surface area contributed by atoms with Gasteiger partial charge in [-0.25, -0.2) is 8.42 Å². The fraction of sp³-hybridized carbons (Fsp3) is 0.222. The highest BCUT2D eigenvalue weighted by Gasteiger charge is 2.27. The molecule has 0 radical (unpaired) electrons. The zero-order chi connectivity index (χ0) is 24.4. The molecule has 1 fully saturated rings. The van der Waals surface area contributed by atoms with Crippen molar-refractivity contribution in [1.82, 2.24) is 8.87 Å². The van der Waals surface area contributed by atoms with Crippen molar-refractivity contribution in [3.63, 3.8) is 0 Å². The van der Waals surface area contributed by atoms with E-state index in [2.05, 4.69) is 11.4 Å². The van der Waals surface area contributed by atoms with Gasteiger partial charge >= 0.3 is 0 Å². The van der Waals surface area contributed by atoms with Gasteiger partial charge in [0.25, 0.3) is 0 Å². The van der Waals surface area contributed by atoms with E-state index in [-0.39, 0.29) is 17.3 Å². The number of hydrogen-bond donors (Lipinski definition) is 1. The first kappa shape index (κ1) is 23.3. The van der Waals surface area contributed by atoms with Gasteiger partial charge in [-0.1, -0.05) is 54.6 Å². The fourth-order valence-corrected chi connectivity index (χ4v) is 5.83. The van der Waals surface area contributed by atoms with Crippen LogP contribution in [0, 0.1) is 6.92 Å². The van der Waals surface area contributed by atoms with Crippen LogP contribution in [0.25, 0.3) is 22.2 Å². The molecule has 180 valence electrons. The van der Waals surface area contributed by atoms with E-state index in [4.69, 9.17) is 4.74 Å². The number of hydrogen-bond acceptors (Lipinski definition) is 4. The van der Waals surface area contributed by atoms with Crippen LogP contribution in [0.2, 0.25) is 0 Å². The van der Waals surface area contributed by atoms with Crippen LogP contribution in [0.15, 0.2) is 83.8 Å². The van der Waals surface area contributed by atoms with Crippen LogP contribution >= 0.6 is 0 Å². The lowest BCUT2D eigenvalue weighted by Gasteiger charge is -2.26. The first-order chi connectivity index (χ1) is 16.9. The number of aryl methyl sites for hydroxylation is 1. The van der Waals surface area contributed by atoms with Gasteiger partial charge in [-0.3, -0.25) is 4.79 Å². The molecule has 35 heavy (non-hydrogen) atoms. The molecule has 0 spiro atoms. The minimum Gasteiger partial charge on any atom is -0.379 e. The van der Waals surface area contributed by atoms with Crippen molar-refractivity contribution >= 4 is 32.5 Å². The van der Waals surface area contributed by atoms with E-state index in [9.17, 15) is 13.2 Å². The van der Waals surface area contributed by atoms with Crippen LogP contribution in [0.5, 0.6) is 0 Å². The first-order valence-corrected chi connectivity index (χ1v) is 13.0. The van der Waals surface area contributed by atoms with Crippen LogP contribution in [0.1, 0.15) is 5.56 Å². The number of amides is 1. The number of benzene rings is 3. The number of fused-ring (bicyclic) bond motifs is 1. The smallest absolute Gasteiger partial charge is 0.244 e. The Morgan fingerprint density at radius 3 is 2.43 bits per heavy atom. The normalized spacial score (nSPS) is 14.8. The van der Waals surface area contributed by atoms with E-state index in [1.54, 1.807) is 18.2 Å². The molecule has 3 aromatic carbocycles. The second-order valence-corrected chi connectivity index (χ2v) is 10.5. The van der Waals surface area contributed by atoms with E-state index >= 15 is 0 Å². The molecule has 2 heterocycles. The van der Waals surface area contributed by atoms with Gasteiger partial charge in [0.15, 0.2) is 0 Å². The summed E-state index contributed by atoms with van der Waals surface area (Å²) in [7, 11) is -3.66. The van der Waals surface area contributed by atoms with Crippen LogP contribution < -0.4 is 5.32 Å². The molecule has 4 aromatic rings. The van der Waals surface area contributed by atoms with Crippen molar-refractivity contribution in [1.29, 1.82) is 0 Å². The maximum atomic E-state index is 13.2. The van der Waals surface area contributed by atoms with E-state index < -0.39 is 10.0 Å². The molecule has 7 nitrogen and oxygen atoms in total. The summed E-state index contributed by atoms with van der Waals surface area (Å²) in [5.74, 6) is -0.229. The Bertz CT molecular complexity index is 1470. The number of carbonyl (C=O) groups excluding carboxylic acids is 1. The molecular weight excluding hydrogens is 462 g/mol. The lowest BCUT2D eigenvalue weighted by molar-refractivity contribution is -0.116. The van der Waals surface area contributed by atoms with Gasteiger partial charge in [0.1, 0.15) is 6.54 Å². The number of para-hydroxylation sites is 1. The Morgan fingerprint density at radius 2 is 1.66 bits per heavy atom. The summed E-state index contributed by atoms with van der Waals surface area (Å²) in [4.78, 5) is 13.4. The third-order valence-corrected chi connectivity index (χ3v) is 8.17. The van der Waals surface area contributed by atoms with Gasteiger partial charge in [0.2, 0.25) is 15.9 Å². The number of rotatable bonds is 6. The standard InChI is InChI=1S/C27H27N3O4S/c1-20-11-12-23(35(32,33)29-13-15-34-16-14-29)18-24(20)28-27(31)19-30-25-10-6-5-9-22(25)17-26(30)21-7-3-2-4-8-21/h2-12,17-18H,13-16,19H2,1H3,(H,28,31). The van der Waals surface area contributed by atoms with Crippen molar-refractivity contribution in [2.45, 2.75) is 18.4 Å². The average molecular weight is 490 g/mol. The van der Waals surface area contributed by atoms with Gasteiger partial charge in [0, 0.05) is 35.4 Å². The van der Waals surface area contributed by atoms with Crippen molar-refractivity contribution in [2.24, 2.45) is 0 Å². The van der Waals surface area contributed by atoms with E-state index in [0.29, 0.717) is 32.0 Å². The first-order valence-electron chi connectivity index (χ1n) is 11.6. The molecule has 0 atom stereocenters. The second-order valence-electron chi connectivity index (χ2n) is 8.58. The summed E-state index contributed by atoms with van der Waals surface area (Å²) in [5, 5.41) is 3.99. The van der Waals surface area contributed by atoms with Crippen molar-refractivity contribution in [3.05, 3.63) is 84.4 Å². The van der Waals surface area contributed by atoms with Crippen LogP contribution in [0.3, 0.4) is 0 Å². The number of morpholine rings is 1. The van der Waals surface area contributed by atoms with Gasteiger partial charge in [0.05, 0.1) is 18.1 Å². The monoisotopic (exact) mass is 489 g/mol. The summed E-state index contributed by atoms with van der Waals surface area (Å²) in [5.41, 5.74) is 4.21. The number of ether oxygens (including phenoxy) is 1. The Morgan fingerprint density at radius 1 is 0.943 bits per heavy atom. The van der Waals surface area contributed by atoms with Crippen molar-refractivity contribution in [2.75, 3.05) is 31.6 Å². The molecule has 1 aliphatic rings. The Balaban J connectivity index is 1.43. The average Bonchev–Trinajstić information content (AvgIpc) is 3.24. The number of aromatic nitrogens is 1. The predicted molar refractivity (Wildman–Crippen MR) is 137 cm³/mol. The van der Waals surface area contributed by atoms with Gasteiger partial charge < -0.3 is 14.6 Å². The maximum absolute atomic E-state index is 13.2. The topological polar surface area (TPSA) is 80.6 Å². The summed E-state index contributed by atoms with van der Waals surface area (Å²) in [6.07, 6.45) is 0. The summed E-state index contributed by atoms with van der Waals surface area (Å²) >= 11 is 0. The lowest BCUT2D eigenvalue weighted by atomic mass is 10.1. The minimum absolute atomic E-state index is 0.0949. The number of nitrogens with zero attached hydrogens (tertiary/aromatic N) is 2. The summed E-state index contributed by atoms with van der Waals surface area (Å²) in [6.45, 7) is 3.34. The number of nitrogens with one attached hydrogen (secondary N) is 1. The van der Waals surface area contributed by atoms with Crippen LogP contribution in [-0.4, -0.2) is 49.5 Å². The zero-order valence-corrected chi connectivity index (χ0v) is 20.3. The molecule has 1 N–H and O–H groups in total. The molecule has 1 saturated heterocycles. The van der Waals surface area contributed by atoms with E-state index in [0.717, 1.165) is 27.7 Å². The van der Waals surface area contributed by atoms with Gasteiger partial charge in [-0.2, -0.15) is 4.31 Å². The molecule has 8 heteroatoms. The lowest BCUT2D eigenvalue weighted by Crippen LogP contribution is -2.40. The SMILES string of the molecule is Cc1ccc(S(=O)(=O)N2CCOCC2)cc1NC(=O)Cn1c(-c2ccccc2)cc2ccccc21. The fourth-order valence-electron chi connectivity index (χ4n) is 4.39. The largest absolute Gasteiger partial charge is 0.379 e. The molecule has 5 rings (SSSR count). The minimum atomic E-state index is -3.66. The van der Waals surface area contributed by atoms with E-state index in [1.165, 1.54) is 4.31 Å². The van der Waals surface area contributed by atoms with Gasteiger partial charge in [-0.05, 0) is 42.3 Å². The summed E-state index contributed by atoms with van der Waals surface area (Å²) in [6, 6.07) is 24.8. The predicted octanol–water partition coefficient (Wildman–Crippen LogP) is 4.28. The van der Waals surface area contributed by atoms with Crippen molar-refractivity contribution < 1.29 is 17.9 Å². The summed E-state index contributed by atoms with van der Waals surface area (Å²) < 4.78 is 34.9. The zero-order valence-electron chi connectivity index (χ0n) is 19.5. The Labute approximate surface area is 205 Å². The highest BCUT2D eigenvalue weighted by atomic mass is 32.2. The number of carbonyl (C=O) groups is 1. The Hall–Kier alpha value is -3.46. The Kier molecular flexibility index (Phi) is 6.42. The molecule has 0 saturated carbocycles. The van der Waals surface area contributed by atoms with Crippen molar-refractivity contribution in [3.8, 4) is 11.3 Å². The van der Waals surface area contributed by atoms with Gasteiger partial charge in [-0.15, -0.1) is 0 Å². The van der Waals surface area contributed by atoms with Crippen LogP contribution in [0.4, 0.5) is 5.69 Å². The third kappa shape index (κ3) is 4.73. The second kappa shape index (κ2) is 9.65. The third-order valence-electron chi connectivity index (χ3n) is 6.27. The quantitative estimate of drug-likeness (QED) is 0.439. The molecule has 1 amide bonds. The molecule has 1 aliphatic heterocycles. The molecular formula is C27H27N3O4S. The molecule has 0 bridgehead atoms. The maximum Gasteiger partial charge on any atom is 0.244 e. The highest BCUT2D eigenvalue weighted by Crippen LogP contribution is 2.29. The number of anilines is 1. The number of sulfonamides is 1.